The Morgan fingerprint density at radius 1 is 0.897 bits per heavy atom. The summed E-state index contributed by atoms with van der Waals surface area (Å²) >= 11 is 0. The number of carbonyl (C=O) groups excluding carboxylic acids is 1. The number of ketones is 1. The van der Waals surface area contributed by atoms with Crippen LogP contribution in [-0.2, 0) is 13.5 Å². The van der Waals surface area contributed by atoms with Gasteiger partial charge in [0.2, 0.25) is 0 Å². The highest BCUT2D eigenvalue weighted by Crippen LogP contribution is 2.23. The van der Waals surface area contributed by atoms with Crippen molar-refractivity contribution in [2.45, 2.75) is 6.42 Å². The van der Waals surface area contributed by atoms with E-state index in [9.17, 15) is 4.79 Å². The SMILES string of the molecule is Cn1cc(-c2ccc3cnc(CC(=O)c4ccc5nccnc5c4)nc3c2)cn1. The summed E-state index contributed by atoms with van der Waals surface area (Å²) in [5, 5.41) is 5.14. The minimum Gasteiger partial charge on any atom is -0.294 e. The van der Waals surface area contributed by atoms with Gasteiger partial charge < -0.3 is 0 Å². The molecule has 7 nitrogen and oxygen atoms in total. The normalized spacial score (nSPS) is 11.2. The Kier molecular flexibility index (Phi) is 4.05. The van der Waals surface area contributed by atoms with Gasteiger partial charge in [-0.1, -0.05) is 12.1 Å². The monoisotopic (exact) mass is 380 g/mol. The summed E-state index contributed by atoms with van der Waals surface area (Å²) in [6.07, 6.45) is 8.89. The average Bonchev–Trinajstić information content (AvgIpc) is 3.19. The number of aromatic nitrogens is 6. The van der Waals surface area contributed by atoms with Gasteiger partial charge >= 0.3 is 0 Å². The number of nitrogens with zero attached hydrogens (tertiary/aromatic N) is 6. The number of hydrogen-bond donors (Lipinski definition) is 0. The van der Waals surface area contributed by atoms with Crippen LogP contribution in [0.15, 0.2) is 67.4 Å². The van der Waals surface area contributed by atoms with Gasteiger partial charge in [-0.3, -0.25) is 19.4 Å². The predicted octanol–water partition coefficient (Wildman–Crippen LogP) is 3.40. The molecule has 5 aromatic rings. The molecule has 0 fully saturated rings. The van der Waals surface area contributed by atoms with Crippen molar-refractivity contribution >= 4 is 27.7 Å². The fourth-order valence-corrected chi connectivity index (χ4v) is 3.28. The van der Waals surface area contributed by atoms with E-state index in [2.05, 4.69) is 25.0 Å². The van der Waals surface area contributed by atoms with Crippen molar-refractivity contribution in [2.24, 2.45) is 7.05 Å². The predicted molar refractivity (Wildman–Crippen MR) is 109 cm³/mol. The number of rotatable bonds is 4. The molecule has 0 atom stereocenters. The third-order valence-corrected chi connectivity index (χ3v) is 4.78. The Labute approximate surface area is 166 Å². The highest BCUT2D eigenvalue weighted by molar-refractivity contribution is 5.99. The molecule has 0 bridgehead atoms. The Hall–Kier alpha value is -4.00. The third-order valence-electron chi connectivity index (χ3n) is 4.78. The van der Waals surface area contributed by atoms with E-state index in [0.717, 1.165) is 27.5 Å². The minimum atomic E-state index is -0.0553. The molecular formula is C22H16N6O. The van der Waals surface area contributed by atoms with E-state index in [4.69, 9.17) is 0 Å². The van der Waals surface area contributed by atoms with E-state index in [1.807, 2.05) is 37.6 Å². The van der Waals surface area contributed by atoms with Crippen molar-refractivity contribution < 1.29 is 4.79 Å². The Morgan fingerprint density at radius 3 is 2.59 bits per heavy atom. The van der Waals surface area contributed by atoms with Gasteiger partial charge in [0, 0.05) is 48.3 Å². The molecule has 0 aliphatic heterocycles. The van der Waals surface area contributed by atoms with Crippen LogP contribution in [0.25, 0.3) is 33.1 Å². The first kappa shape index (κ1) is 17.1. The average molecular weight is 380 g/mol. The first-order chi connectivity index (χ1) is 14.2. The molecule has 2 aromatic carbocycles. The Balaban J connectivity index is 1.45. The van der Waals surface area contributed by atoms with Crippen molar-refractivity contribution in [3.8, 4) is 11.1 Å². The van der Waals surface area contributed by atoms with Crippen molar-refractivity contribution in [3.63, 3.8) is 0 Å². The molecule has 3 heterocycles. The van der Waals surface area contributed by atoms with Gasteiger partial charge in [0.05, 0.1) is 29.2 Å². The first-order valence-electron chi connectivity index (χ1n) is 9.14. The molecule has 3 aromatic heterocycles. The smallest absolute Gasteiger partial charge is 0.170 e. The maximum atomic E-state index is 12.7. The largest absolute Gasteiger partial charge is 0.294 e. The molecule has 0 aliphatic rings. The highest BCUT2D eigenvalue weighted by atomic mass is 16.1. The van der Waals surface area contributed by atoms with Crippen LogP contribution >= 0.6 is 0 Å². The van der Waals surface area contributed by atoms with Gasteiger partial charge in [-0.05, 0) is 29.8 Å². The van der Waals surface area contributed by atoms with Crippen molar-refractivity contribution in [1.82, 2.24) is 29.7 Å². The summed E-state index contributed by atoms with van der Waals surface area (Å²) < 4.78 is 1.76. The second-order valence-electron chi connectivity index (χ2n) is 6.82. The summed E-state index contributed by atoms with van der Waals surface area (Å²) in [7, 11) is 1.88. The molecule has 7 heteroatoms. The minimum absolute atomic E-state index is 0.0553. The topological polar surface area (TPSA) is 86.5 Å². The molecule has 0 spiro atoms. The number of benzene rings is 2. The number of carbonyl (C=O) groups is 1. The van der Waals surface area contributed by atoms with Crippen LogP contribution < -0.4 is 0 Å². The highest BCUT2D eigenvalue weighted by Gasteiger charge is 2.12. The summed E-state index contributed by atoms with van der Waals surface area (Å²) in [6, 6.07) is 11.3. The van der Waals surface area contributed by atoms with Crippen molar-refractivity contribution in [1.29, 1.82) is 0 Å². The van der Waals surface area contributed by atoms with Crippen LogP contribution in [0.5, 0.6) is 0 Å². The summed E-state index contributed by atoms with van der Waals surface area (Å²) in [5.41, 5.74) is 4.87. The molecule has 0 N–H and O–H groups in total. The first-order valence-corrected chi connectivity index (χ1v) is 9.14. The van der Waals surface area contributed by atoms with Crippen molar-refractivity contribution in [3.05, 3.63) is 78.8 Å². The molecule has 0 unspecified atom stereocenters. The molecule has 0 aliphatic carbocycles. The Bertz CT molecular complexity index is 1370. The van der Waals surface area contributed by atoms with Crippen LogP contribution in [0.2, 0.25) is 0 Å². The van der Waals surface area contributed by atoms with Crippen LogP contribution in [0.4, 0.5) is 0 Å². The van der Waals surface area contributed by atoms with E-state index in [-0.39, 0.29) is 12.2 Å². The van der Waals surface area contributed by atoms with Crippen LogP contribution in [0, 0.1) is 0 Å². The molecule has 0 radical (unpaired) electrons. The van der Waals surface area contributed by atoms with Gasteiger partial charge in [0.1, 0.15) is 5.82 Å². The number of Topliss-reactive ketones (excluding diaryl/α,β-unsaturated/α-hetero) is 1. The lowest BCUT2D eigenvalue weighted by atomic mass is 10.1. The standard InChI is InChI=1S/C22H16N6O/c1-28-13-17(12-26-28)14-2-3-16-11-25-22(27-19(16)8-14)10-21(29)15-4-5-18-20(9-15)24-7-6-23-18/h2-9,11-13H,10H2,1H3. The number of hydrogen-bond acceptors (Lipinski definition) is 6. The van der Waals surface area contributed by atoms with Crippen LogP contribution in [0.1, 0.15) is 16.2 Å². The zero-order valence-corrected chi connectivity index (χ0v) is 15.6. The summed E-state index contributed by atoms with van der Waals surface area (Å²) in [6.45, 7) is 0. The maximum Gasteiger partial charge on any atom is 0.170 e. The van der Waals surface area contributed by atoms with E-state index >= 15 is 0 Å². The molecule has 29 heavy (non-hydrogen) atoms. The molecule has 0 saturated carbocycles. The lowest BCUT2D eigenvalue weighted by molar-refractivity contribution is 0.0991. The van der Waals surface area contributed by atoms with Gasteiger partial charge in [-0.25, -0.2) is 9.97 Å². The number of aryl methyl sites for hydroxylation is 1. The summed E-state index contributed by atoms with van der Waals surface area (Å²) in [5.74, 6) is 0.436. The van der Waals surface area contributed by atoms with E-state index in [1.165, 1.54) is 0 Å². The zero-order chi connectivity index (χ0) is 19.8. The van der Waals surface area contributed by atoms with Crippen LogP contribution in [-0.4, -0.2) is 35.5 Å². The van der Waals surface area contributed by atoms with Gasteiger partial charge in [-0.15, -0.1) is 0 Å². The lowest BCUT2D eigenvalue weighted by Gasteiger charge is -2.05. The van der Waals surface area contributed by atoms with E-state index < -0.39 is 0 Å². The third kappa shape index (κ3) is 3.34. The second kappa shape index (κ2) is 6.87. The molecule has 0 saturated heterocycles. The molecule has 140 valence electrons. The van der Waals surface area contributed by atoms with E-state index in [1.54, 1.807) is 41.5 Å². The number of fused-ring (bicyclic) bond motifs is 2. The van der Waals surface area contributed by atoms with Crippen molar-refractivity contribution in [2.75, 3.05) is 0 Å². The lowest BCUT2D eigenvalue weighted by Crippen LogP contribution is -2.07. The fraction of sp³-hybridized carbons (Fsp3) is 0.0909. The Morgan fingerprint density at radius 2 is 1.76 bits per heavy atom. The van der Waals surface area contributed by atoms with Gasteiger partial charge in [0.25, 0.3) is 0 Å². The molecule has 5 rings (SSSR count). The molecular weight excluding hydrogens is 364 g/mol. The molecule has 0 amide bonds. The quantitative estimate of drug-likeness (QED) is 0.444. The van der Waals surface area contributed by atoms with Gasteiger partial charge in [-0.2, -0.15) is 5.10 Å². The maximum absolute atomic E-state index is 12.7. The van der Waals surface area contributed by atoms with E-state index in [0.29, 0.717) is 16.9 Å². The summed E-state index contributed by atoms with van der Waals surface area (Å²) in [4.78, 5) is 30.2. The zero-order valence-electron chi connectivity index (χ0n) is 15.6. The second-order valence-corrected chi connectivity index (χ2v) is 6.82. The van der Waals surface area contributed by atoms with Gasteiger partial charge in [0.15, 0.2) is 5.78 Å². The van der Waals surface area contributed by atoms with Crippen LogP contribution in [0.3, 0.4) is 0 Å². The fourth-order valence-electron chi connectivity index (χ4n) is 3.28.